The molecule has 0 bridgehead atoms. The number of aliphatic imine (C=N–C) groups is 1. The van der Waals surface area contributed by atoms with Crippen LogP contribution in [-0.2, 0) is 11.4 Å². The first kappa shape index (κ1) is 24.2. The van der Waals surface area contributed by atoms with Gasteiger partial charge in [0, 0.05) is 30.4 Å². The number of rotatable bonds is 6. The fraction of sp³-hybridized carbons (Fsp3) is 0.194. The Hall–Kier alpha value is -4.10. The predicted octanol–water partition coefficient (Wildman–Crippen LogP) is 6.57. The number of hydrogen-bond donors (Lipinski definition) is 0. The second-order valence-electron chi connectivity index (χ2n) is 9.37. The molecule has 0 saturated carbocycles. The lowest BCUT2D eigenvalue weighted by Gasteiger charge is -2.27. The third-order valence-electron chi connectivity index (χ3n) is 6.66. The summed E-state index contributed by atoms with van der Waals surface area (Å²) in [6.07, 6.45) is 7.43. The van der Waals surface area contributed by atoms with E-state index in [0.29, 0.717) is 11.5 Å². The Morgan fingerprint density at radius 1 is 0.868 bits per heavy atom. The van der Waals surface area contributed by atoms with E-state index in [1.807, 2.05) is 102 Å². The molecule has 6 rings (SSSR count). The van der Waals surface area contributed by atoms with E-state index in [-0.39, 0.29) is 5.91 Å². The van der Waals surface area contributed by atoms with Gasteiger partial charge in [0.1, 0.15) is 12.4 Å². The summed E-state index contributed by atoms with van der Waals surface area (Å²) in [5.74, 6) is 0.611. The van der Waals surface area contributed by atoms with Gasteiger partial charge >= 0.3 is 0 Å². The average molecular weight is 521 g/mol. The number of thioether (sulfide) groups is 1. The van der Waals surface area contributed by atoms with E-state index in [1.54, 1.807) is 0 Å². The molecule has 0 N–H and O–H groups in total. The van der Waals surface area contributed by atoms with E-state index in [1.165, 1.54) is 18.2 Å². The summed E-state index contributed by atoms with van der Waals surface area (Å²) in [6, 6.07) is 28.1. The molecule has 0 aliphatic carbocycles. The van der Waals surface area contributed by atoms with E-state index in [9.17, 15) is 4.79 Å². The molecule has 1 amide bonds. The van der Waals surface area contributed by atoms with Crippen LogP contribution in [0.5, 0.6) is 5.75 Å². The fourth-order valence-corrected chi connectivity index (χ4v) is 5.60. The zero-order chi connectivity index (χ0) is 25.7. The Balaban J connectivity index is 1.28. The van der Waals surface area contributed by atoms with Crippen molar-refractivity contribution in [1.29, 1.82) is 0 Å². The number of nitrogens with zero attached hydrogens (tertiary/aromatic N) is 4. The fourth-order valence-electron chi connectivity index (χ4n) is 4.64. The van der Waals surface area contributed by atoms with Crippen LogP contribution >= 0.6 is 11.8 Å². The SMILES string of the molecule is O=C1N=C(N2CCCCC2)S/C1=C\c1cn(-c2ccccc2)nc1-c1ccc(OCc2ccccc2)cc1. The Bertz CT molecular complexity index is 1470. The van der Waals surface area contributed by atoms with Crippen molar-refractivity contribution in [1.82, 2.24) is 14.7 Å². The maximum absolute atomic E-state index is 12.8. The Morgan fingerprint density at radius 2 is 1.58 bits per heavy atom. The van der Waals surface area contributed by atoms with Crippen LogP contribution in [-0.4, -0.2) is 38.8 Å². The van der Waals surface area contributed by atoms with E-state index < -0.39 is 0 Å². The number of amides is 1. The van der Waals surface area contributed by atoms with E-state index in [0.717, 1.165) is 64.9 Å². The molecule has 190 valence electrons. The number of likely N-dealkylation sites (tertiary alicyclic amines) is 1. The van der Waals surface area contributed by atoms with Gasteiger partial charge in [-0.2, -0.15) is 10.1 Å². The second-order valence-corrected chi connectivity index (χ2v) is 10.4. The maximum Gasteiger partial charge on any atom is 0.286 e. The number of ether oxygens (including phenoxy) is 1. The molecule has 7 heteroatoms. The van der Waals surface area contributed by atoms with Crippen molar-refractivity contribution in [2.75, 3.05) is 13.1 Å². The van der Waals surface area contributed by atoms with Crippen LogP contribution < -0.4 is 4.74 Å². The summed E-state index contributed by atoms with van der Waals surface area (Å²) in [5, 5.41) is 5.73. The van der Waals surface area contributed by atoms with E-state index >= 15 is 0 Å². The van der Waals surface area contributed by atoms with Gasteiger partial charge in [-0.15, -0.1) is 0 Å². The molecule has 0 unspecified atom stereocenters. The largest absolute Gasteiger partial charge is 0.489 e. The molecular weight excluding hydrogens is 492 g/mol. The first-order valence-electron chi connectivity index (χ1n) is 12.9. The van der Waals surface area contributed by atoms with Crippen LogP contribution in [0.25, 0.3) is 23.0 Å². The molecule has 0 radical (unpaired) electrons. The highest BCUT2D eigenvalue weighted by Crippen LogP contribution is 2.34. The van der Waals surface area contributed by atoms with Gasteiger partial charge in [-0.3, -0.25) is 4.79 Å². The molecule has 0 atom stereocenters. The van der Waals surface area contributed by atoms with Crippen molar-refractivity contribution in [3.8, 4) is 22.7 Å². The molecule has 1 fully saturated rings. The minimum Gasteiger partial charge on any atom is -0.489 e. The average Bonchev–Trinajstić information content (AvgIpc) is 3.57. The Labute approximate surface area is 226 Å². The van der Waals surface area contributed by atoms with Crippen LogP contribution in [0.3, 0.4) is 0 Å². The van der Waals surface area contributed by atoms with Gasteiger partial charge in [0.25, 0.3) is 5.91 Å². The van der Waals surface area contributed by atoms with E-state index in [2.05, 4.69) is 9.89 Å². The second kappa shape index (κ2) is 11.1. The number of amidine groups is 1. The van der Waals surface area contributed by atoms with Crippen LogP contribution in [0.2, 0.25) is 0 Å². The van der Waals surface area contributed by atoms with Crippen molar-refractivity contribution in [3.63, 3.8) is 0 Å². The molecule has 3 heterocycles. The quantitative estimate of drug-likeness (QED) is 0.269. The van der Waals surface area contributed by atoms with Gasteiger partial charge in [0.2, 0.25) is 0 Å². The minimum absolute atomic E-state index is 0.182. The molecule has 2 aliphatic rings. The van der Waals surface area contributed by atoms with Crippen molar-refractivity contribution in [2.45, 2.75) is 25.9 Å². The lowest BCUT2D eigenvalue weighted by Crippen LogP contribution is -2.33. The molecule has 6 nitrogen and oxygen atoms in total. The highest BCUT2D eigenvalue weighted by Gasteiger charge is 2.27. The maximum atomic E-state index is 12.8. The third kappa shape index (κ3) is 5.43. The number of aromatic nitrogens is 2. The molecule has 3 aromatic carbocycles. The van der Waals surface area contributed by atoms with E-state index in [4.69, 9.17) is 9.84 Å². The zero-order valence-electron chi connectivity index (χ0n) is 21.0. The summed E-state index contributed by atoms with van der Waals surface area (Å²) >= 11 is 1.47. The summed E-state index contributed by atoms with van der Waals surface area (Å²) in [4.78, 5) is 20.1. The molecule has 1 aromatic heterocycles. The summed E-state index contributed by atoms with van der Waals surface area (Å²) in [6.45, 7) is 2.43. The molecule has 38 heavy (non-hydrogen) atoms. The molecule has 4 aromatic rings. The lowest BCUT2D eigenvalue weighted by molar-refractivity contribution is -0.113. The van der Waals surface area contributed by atoms with Gasteiger partial charge in [0.15, 0.2) is 5.17 Å². The van der Waals surface area contributed by atoms with Crippen molar-refractivity contribution >= 4 is 28.9 Å². The number of carbonyl (C=O) groups excluding carboxylic acids is 1. The smallest absolute Gasteiger partial charge is 0.286 e. The summed E-state index contributed by atoms with van der Waals surface area (Å²) < 4.78 is 7.83. The minimum atomic E-state index is -0.182. The number of para-hydroxylation sites is 1. The lowest BCUT2D eigenvalue weighted by atomic mass is 10.1. The number of benzene rings is 3. The first-order chi connectivity index (χ1) is 18.7. The Morgan fingerprint density at radius 3 is 2.32 bits per heavy atom. The Kier molecular flexibility index (Phi) is 7.09. The van der Waals surface area contributed by atoms with Crippen LogP contribution in [0.1, 0.15) is 30.4 Å². The van der Waals surface area contributed by atoms with Crippen LogP contribution in [0, 0.1) is 0 Å². The van der Waals surface area contributed by atoms with Gasteiger partial charge in [-0.25, -0.2) is 4.68 Å². The van der Waals surface area contributed by atoms with Crippen LogP contribution in [0.15, 0.2) is 101 Å². The topological polar surface area (TPSA) is 59.7 Å². The predicted molar refractivity (Wildman–Crippen MR) is 153 cm³/mol. The van der Waals surface area contributed by atoms with Gasteiger partial charge < -0.3 is 9.64 Å². The monoisotopic (exact) mass is 520 g/mol. The normalized spacial score (nSPS) is 16.6. The summed E-state index contributed by atoms with van der Waals surface area (Å²) in [5.41, 5.74) is 4.70. The number of hydrogen-bond acceptors (Lipinski definition) is 5. The molecule has 1 saturated heterocycles. The zero-order valence-corrected chi connectivity index (χ0v) is 21.8. The highest BCUT2D eigenvalue weighted by molar-refractivity contribution is 8.18. The van der Waals surface area contributed by atoms with Gasteiger partial charge in [-0.05, 0) is 79.1 Å². The van der Waals surface area contributed by atoms with Gasteiger partial charge in [0.05, 0.1) is 16.3 Å². The standard InChI is InChI=1S/C31H28N4O2S/c36-30-28(38-31(32-30)34-18-8-3-9-19-34)20-25-21-35(26-12-6-2-7-13-26)33-29(25)24-14-16-27(17-15-24)37-22-23-10-4-1-5-11-23/h1-2,4-7,10-17,20-21H,3,8-9,18-19,22H2/b28-20-. The van der Waals surface area contributed by atoms with Crippen molar-refractivity contribution in [2.24, 2.45) is 4.99 Å². The number of carbonyl (C=O) groups is 1. The van der Waals surface area contributed by atoms with Gasteiger partial charge in [-0.1, -0.05) is 48.5 Å². The van der Waals surface area contributed by atoms with Crippen molar-refractivity contribution in [3.05, 3.63) is 107 Å². The molecule has 0 spiro atoms. The third-order valence-corrected chi connectivity index (χ3v) is 7.71. The first-order valence-corrected chi connectivity index (χ1v) is 13.7. The van der Waals surface area contributed by atoms with Crippen molar-refractivity contribution < 1.29 is 9.53 Å². The highest BCUT2D eigenvalue weighted by atomic mass is 32.2. The van der Waals surface area contributed by atoms with Crippen LogP contribution in [0.4, 0.5) is 0 Å². The number of piperidine rings is 1. The molecule has 2 aliphatic heterocycles. The molecular formula is C31H28N4O2S. The summed E-state index contributed by atoms with van der Waals surface area (Å²) in [7, 11) is 0.